The van der Waals surface area contributed by atoms with Crippen LogP contribution in [0.1, 0.15) is 24.2 Å². The third-order valence-corrected chi connectivity index (χ3v) is 6.69. The maximum Gasteiger partial charge on any atom is 0.347 e. The Kier molecular flexibility index (Phi) is 4.23. The van der Waals surface area contributed by atoms with Crippen LogP contribution in [0.15, 0.2) is 47.3 Å². The van der Waals surface area contributed by atoms with Crippen molar-refractivity contribution in [2.24, 2.45) is 11.8 Å². The third-order valence-electron chi connectivity index (χ3n) is 6.69. The molecule has 2 aliphatic heterocycles. The Morgan fingerprint density at radius 2 is 1.84 bits per heavy atom. The highest BCUT2D eigenvalue weighted by atomic mass is 16.2. The van der Waals surface area contributed by atoms with Crippen LogP contribution in [0.25, 0.3) is 16.8 Å². The first-order chi connectivity index (χ1) is 15.2. The van der Waals surface area contributed by atoms with Gasteiger partial charge in [-0.1, -0.05) is 24.3 Å². The van der Waals surface area contributed by atoms with Gasteiger partial charge in [0, 0.05) is 43.6 Å². The molecular weight excluding hydrogens is 390 g/mol. The van der Waals surface area contributed by atoms with Gasteiger partial charge in [-0.3, -0.25) is 4.79 Å². The van der Waals surface area contributed by atoms with Gasteiger partial charge in [0.2, 0.25) is 5.91 Å². The smallest absolute Gasteiger partial charge is 0.347 e. The van der Waals surface area contributed by atoms with E-state index in [1.165, 1.54) is 11.3 Å². The summed E-state index contributed by atoms with van der Waals surface area (Å²) in [5, 5.41) is 10.3. The molecule has 3 aromatic rings. The Hall–Kier alpha value is -3.35. The Bertz CT molecular complexity index is 1200. The predicted octanol–water partition coefficient (Wildman–Crippen LogP) is 2.61. The van der Waals surface area contributed by atoms with E-state index < -0.39 is 0 Å². The molecule has 0 unspecified atom stereocenters. The van der Waals surface area contributed by atoms with Crippen molar-refractivity contribution in [1.82, 2.24) is 19.7 Å². The molecule has 7 nitrogen and oxygen atoms in total. The lowest BCUT2D eigenvalue weighted by Gasteiger charge is -2.39. The number of fused-ring (bicyclic) bond motifs is 1. The number of anilines is 1. The summed E-state index contributed by atoms with van der Waals surface area (Å²) in [6.45, 7) is 2.53. The molecule has 0 spiro atoms. The zero-order valence-corrected chi connectivity index (χ0v) is 17.3. The molecule has 6 rings (SSSR count). The van der Waals surface area contributed by atoms with Crippen molar-refractivity contribution in [2.75, 3.05) is 25.0 Å². The van der Waals surface area contributed by atoms with Crippen molar-refractivity contribution < 1.29 is 4.79 Å². The van der Waals surface area contributed by atoms with Gasteiger partial charge in [-0.25, -0.2) is 14.5 Å². The number of amides is 1. The molecule has 2 aromatic carbocycles. The number of aromatic amines is 1. The molecule has 7 heteroatoms. The first-order valence-electron chi connectivity index (χ1n) is 11.1. The standard InChI is InChI=1S/C24H25N5O2/c30-23(18-2-3-18)28-13-15(14-28)11-22-26-27-24(31)29(22)20-7-5-16(6-8-20)19-4-1-17-9-10-25-21(17)12-19/h1,4-8,12,15,18,25H,2-3,9-11,13-14H2,(H,27,31). The zero-order chi connectivity index (χ0) is 20.9. The highest BCUT2D eigenvalue weighted by molar-refractivity contribution is 5.81. The number of H-pyrrole nitrogens is 1. The number of carbonyl (C=O) groups is 1. The van der Waals surface area contributed by atoms with Gasteiger partial charge >= 0.3 is 5.69 Å². The van der Waals surface area contributed by atoms with Gasteiger partial charge in [-0.2, -0.15) is 5.10 Å². The van der Waals surface area contributed by atoms with E-state index in [-0.39, 0.29) is 11.6 Å². The number of nitrogens with zero attached hydrogens (tertiary/aromatic N) is 3. The molecule has 31 heavy (non-hydrogen) atoms. The topological polar surface area (TPSA) is 83.0 Å². The quantitative estimate of drug-likeness (QED) is 0.671. The largest absolute Gasteiger partial charge is 0.384 e. The van der Waals surface area contributed by atoms with E-state index in [1.54, 1.807) is 4.57 Å². The monoisotopic (exact) mass is 415 g/mol. The maximum absolute atomic E-state index is 12.5. The van der Waals surface area contributed by atoms with E-state index in [0.717, 1.165) is 61.5 Å². The van der Waals surface area contributed by atoms with Gasteiger partial charge in [-0.05, 0) is 54.2 Å². The highest BCUT2D eigenvalue weighted by Crippen LogP contribution is 2.34. The van der Waals surface area contributed by atoms with Crippen LogP contribution in [0.2, 0.25) is 0 Å². The van der Waals surface area contributed by atoms with Crippen molar-refractivity contribution >= 4 is 11.6 Å². The fraction of sp³-hybridized carbons (Fsp3) is 0.375. The average Bonchev–Trinajstić information content (AvgIpc) is 3.40. The molecule has 2 fully saturated rings. The normalized spacial score (nSPS) is 17.9. The van der Waals surface area contributed by atoms with E-state index in [1.807, 2.05) is 17.0 Å². The van der Waals surface area contributed by atoms with Gasteiger partial charge in [0.1, 0.15) is 5.82 Å². The summed E-state index contributed by atoms with van der Waals surface area (Å²) in [6.07, 6.45) is 3.84. The Balaban J connectivity index is 1.19. The first kappa shape index (κ1) is 18.4. The van der Waals surface area contributed by atoms with Crippen molar-refractivity contribution in [1.29, 1.82) is 0 Å². The maximum atomic E-state index is 12.5. The van der Waals surface area contributed by atoms with Crippen LogP contribution in [0.4, 0.5) is 5.69 Å². The molecule has 1 amide bonds. The molecule has 3 heterocycles. The van der Waals surface area contributed by atoms with Crippen LogP contribution in [-0.4, -0.2) is 45.2 Å². The number of likely N-dealkylation sites (tertiary alicyclic amines) is 1. The number of rotatable bonds is 5. The van der Waals surface area contributed by atoms with E-state index in [9.17, 15) is 9.59 Å². The van der Waals surface area contributed by atoms with Crippen molar-refractivity contribution in [2.45, 2.75) is 25.7 Å². The molecule has 0 bridgehead atoms. The molecule has 1 aromatic heterocycles. The number of hydrogen-bond acceptors (Lipinski definition) is 4. The van der Waals surface area contributed by atoms with Crippen LogP contribution in [0, 0.1) is 11.8 Å². The van der Waals surface area contributed by atoms with E-state index in [2.05, 4.69) is 45.8 Å². The Labute approximate surface area is 180 Å². The summed E-state index contributed by atoms with van der Waals surface area (Å²) in [4.78, 5) is 26.5. The summed E-state index contributed by atoms with van der Waals surface area (Å²) in [7, 11) is 0. The molecule has 3 aliphatic rings. The summed E-state index contributed by atoms with van der Waals surface area (Å²) in [6, 6.07) is 14.6. The van der Waals surface area contributed by atoms with Gasteiger partial charge in [0.25, 0.3) is 0 Å². The van der Waals surface area contributed by atoms with Crippen LogP contribution in [0.3, 0.4) is 0 Å². The van der Waals surface area contributed by atoms with Gasteiger partial charge in [-0.15, -0.1) is 0 Å². The minimum atomic E-state index is -0.227. The summed E-state index contributed by atoms with van der Waals surface area (Å²) < 4.78 is 1.65. The highest BCUT2D eigenvalue weighted by Gasteiger charge is 2.39. The molecule has 1 aliphatic carbocycles. The third kappa shape index (κ3) is 3.34. The second kappa shape index (κ2) is 7.11. The fourth-order valence-electron chi connectivity index (χ4n) is 4.73. The molecule has 1 saturated heterocycles. The van der Waals surface area contributed by atoms with Gasteiger partial charge in [0.05, 0.1) is 5.69 Å². The van der Waals surface area contributed by atoms with Crippen molar-refractivity contribution in [3.63, 3.8) is 0 Å². The minimum absolute atomic E-state index is 0.227. The number of aromatic nitrogens is 3. The van der Waals surface area contributed by atoms with Crippen molar-refractivity contribution in [3.05, 3.63) is 64.3 Å². The Morgan fingerprint density at radius 3 is 2.61 bits per heavy atom. The molecule has 2 N–H and O–H groups in total. The van der Waals surface area contributed by atoms with Crippen LogP contribution >= 0.6 is 0 Å². The lowest BCUT2D eigenvalue weighted by Crippen LogP contribution is -2.51. The predicted molar refractivity (Wildman–Crippen MR) is 118 cm³/mol. The Morgan fingerprint density at radius 1 is 1.06 bits per heavy atom. The molecular formula is C24H25N5O2. The number of benzene rings is 2. The van der Waals surface area contributed by atoms with Crippen LogP contribution < -0.4 is 11.0 Å². The molecule has 1 saturated carbocycles. The number of hydrogen-bond donors (Lipinski definition) is 2. The summed E-state index contributed by atoms with van der Waals surface area (Å²) in [5.74, 6) is 1.65. The van der Waals surface area contributed by atoms with E-state index in [4.69, 9.17) is 0 Å². The SMILES string of the molecule is O=C(C1CC1)N1CC(Cc2n[nH]c(=O)n2-c2ccc(-c3ccc4c(c3)NCC4)cc2)C1. The van der Waals surface area contributed by atoms with Crippen LogP contribution in [0.5, 0.6) is 0 Å². The average molecular weight is 415 g/mol. The minimum Gasteiger partial charge on any atom is -0.384 e. The summed E-state index contributed by atoms with van der Waals surface area (Å²) in [5.41, 5.74) is 5.44. The van der Waals surface area contributed by atoms with Gasteiger partial charge in [0.15, 0.2) is 0 Å². The number of carbonyl (C=O) groups excluding carboxylic acids is 1. The van der Waals surface area contributed by atoms with E-state index in [0.29, 0.717) is 18.2 Å². The molecule has 0 radical (unpaired) electrons. The van der Waals surface area contributed by atoms with Crippen molar-refractivity contribution in [3.8, 4) is 16.8 Å². The molecule has 0 atom stereocenters. The second-order valence-electron chi connectivity index (χ2n) is 8.96. The first-order valence-corrected chi connectivity index (χ1v) is 11.1. The fourth-order valence-corrected chi connectivity index (χ4v) is 4.73. The molecule has 158 valence electrons. The number of nitrogens with one attached hydrogen (secondary N) is 2. The van der Waals surface area contributed by atoms with Gasteiger partial charge < -0.3 is 10.2 Å². The van der Waals surface area contributed by atoms with E-state index >= 15 is 0 Å². The zero-order valence-electron chi connectivity index (χ0n) is 17.3. The lowest BCUT2D eigenvalue weighted by molar-refractivity contribution is -0.138. The lowest BCUT2D eigenvalue weighted by atomic mass is 9.95. The van der Waals surface area contributed by atoms with Crippen LogP contribution in [-0.2, 0) is 17.6 Å². The summed E-state index contributed by atoms with van der Waals surface area (Å²) >= 11 is 0. The second-order valence-corrected chi connectivity index (χ2v) is 8.96.